The van der Waals surface area contributed by atoms with E-state index in [0.717, 1.165) is 41.0 Å². The van der Waals surface area contributed by atoms with Crippen molar-refractivity contribution in [2.24, 2.45) is 12.5 Å². The minimum Gasteiger partial charge on any atom is -0.491 e. The zero-order valence-electron chi connectivity index (χ0n) is 18.7. The molecule has 4 rings (SSSR count). The highest BCUT2D eigenvalue weighted by molar-refractivity contribution is 7.89. The number of hydrogen-bond acceptors (Lipinski definition) is 5. The van der Waals surface area contributed by atoms with Crippen LogP contribution in [0, 0.1) is 5.41 Å². The predicted molar refractivity (Wildman–Crippen MR) is 122 cm³/mol. The van der Waals surface area contributed by atoms with Crippen molar-refractivity contribution in [2.45, 2.75) is 45.4 Å². The van der Waals surface area contributed by atoms with Gasteiger partial charge in [0.05, 0.1) is 23.9 Å². The first-order valence-electron chi connectivity index (χ1n) is 10.5. The summed E-state index contributed by atoms with van der Waals surface area (Å²) in [4.78, 5) is 17.1. The highest BCUT2D eigenvalue weighted by Gasteiger charge is 2.38. The van der Waals surface area contributed by atoms with Crippen molar-refractivity contribution in [2.75, 3.05) is 13.4 Å². The van der Waals surface area contributed by atoms with Gasteiger partial charge in [-0.05, 0) is 47.6 Å². The summed E-state index contributed by atoms with van der Waals surface area (Å²) in [6.07, 6.45) is 6.13. The first-order chi connectivity index (χ1) is 14.5. The number of hydrogen-bond donors (Lipinski definition) is 0. The van der Waals surface area contributed by atoms with Gasteiger partial charge in [0.1, 0.15) is 5.82 Å². The van der Waals surface area contributed by atoms with Gasteiger partial charge < -0.3 is 13.9 Å². The number of nitrogens with zero attached hydrogens (tertiary/aromatic N) is 3. The van der Waals surface area contributed by atoms with Crippen LogP contribution in [0.4, 0.5) is 0 Å². The van der Waals surface area contributed by atoms with Gasteiger partial charge in [-0.25, -0.2) is 13.4 Å². The lowest BCUT2D eigenvalue weighted by molar-refractivity contribution is 0.405. The lowest BCUT2D eigenvalue weighted by atomic mass is 10.0. The fraction of sp³-hybridized carbons (Fsp3) is 0.478. The van der Waals surface area contributed by atoms with E-state index in [1.807, 2.05) is 6.07 Å². The molecule has 2 aromatic heterocycles. The van der Waals surface area contributed by atoms with Crippen LogP contribution in [0.2, 0.25) is 0 Å². The number of benzene rings is 1. The maximum atomic E-state index is 12.3. The maximum absolute atomic E-state index is 12.3. The molecule has 1 saturated carbocycles. The van der Waals surface area contributed by atoms with E-state index < -0.39 is 9.84 Å². The molecule has 166 valence electrons. The summed E-state index contributed by atoms with van der Waals surface area (Å²) in [5.41, 5.74) is 4.04. The van der Waals surface area contributed by atoms with Crippen molar-refractivity contribution in [1.29, 1.82) is 0 Å². The predicted octanol–water partition coefficient (Wildman–Crippen LogP) is 3.32. The molecule has 8 heteroatoms. The van der Waals surface area contributed by atoms with Crippen LogP contribution >= 0.6 is 0 Å². The zero-order chi connectivity index (χ0) is 22.6. The lowest BCUT2D eigenvalue weighted by Crippen LogP contribution is -2.17. The van der Waals surface area contributed by atoms with E-state index in [-0.39, 0.29) is 22.5 Å². The van der Waals surface area contributed by atoms with Crippen LogP contribution in [0.3, 0.4) is 0 Å². The molecule has 31 heavy (non-hydrogen) atoms. The molecule has 1 aromatic carbocycles. The monoisotopic (exact) mass is 443 g/mol. The Balaban J connectivity index is 1.99. The fourth-order valence-corrected chi connectivity index (χ4v) is 4.87. The molecule has 3 aromatic rings. The molecule has 0 amide bonds. The van der Waals surface area contributed by atoms with Gasteiger partial charge in [0.15, 0.2) is 15.6 Å². The van der Waals surface area contributed by atoms with Gasteiger partial charge in [0.25, 0.3) is 5.56 Å². The second-order valence-corrected chi connectivity index (χ2v) is 11.2. The van der Waals surface area contributed by atoms with Crippen LogP contribution in [0.15, 0.2) is 29.2 Å². The van der Waals surface area contributed by atoms with Gasteiger partial charge in [-0.1, -0.05) is 13.8 Å². The highest BCUT2D eigenvalue weighted by atomic mass is 32.2. The third kappa shape index (κ3) is 4.26. The number of imidazole rings is 1. The number of rotatable bonds is 7. The number of methoxy groups -OCH3 is 1. The number of fused-ring (bicyclic) bond motifs is 1. The number of aromatic nitrogens is 3. The third-order valence-electron chi connectivity index (χ3n) is 6.09. The Morgan fingerprint density at radius 2 is 1.90 bits per heavy atom. The normalized spacial score (nSPS) is 15.4. The van der Waals surface area contributed by atoms with Crippen LogP contribution in [0.1, 0.15) is 38.1 Å². The minimum absolute atomic E-state index is 0.0856. The van der Waals surface area contributed by atoms with Crippen molar-refractivity contribution in [3.63, 3.8) is 0 Å². The number of pyridine rings is 1. The van der Waals surface area contributed by atoms with E-state index >= 15 is 0 Å². The smallest absolute Gasteiger partial charge is 0.292 e. The van der Waals surface area contributed by atoms with Crippen molar-refractivity contribution < 1.29 is 13.2 Å². The molecular formula is C23H29N3O4S. The van der Waals surface area contributed by atoms with Crippen LogP contribution in [-0.4, -0.2) is 35.9 Å². The van der Waals surface area contributed by atoms with E-state index in [2.05, 4.69) is 24.5 Å². The summed E-state index contributed by atoms with van der Waals surface area (Å²) in [7, 11) is -0.109. The quantitative estimate of drug-likeness (QED) is 0.559. The van der Waals surface area contributed by atoms with Gasteiger partial charge in [0, 0.05) is 38.0 Å². The topological polar surface area (TPSA) is 83.2 Å². The van der Waals surface area contributed by atoms with E-state index in [1.54, 1.807) is 19.3 Å². The van der Waals surface area contributed by atoms with Crippen molar-refractivity contribution >= 4 is 20.9 Å². The van der Waals surface area contributed by atoms with E-state index in [4.69, 9.17) is 9.72 Å². The Bertz CT molecular complexity index is 1330. The minimum atomic E-state index is -3.26. The van der Waals surface area contributed by atoms with Crippen molar-refractivity contribution in [3.8, 4) is 16.9 Å². The number of ether oxygens (including phenoxy) is 1. The van der Waals surface area contributed by atoms with E-state index in [0.29, 0.717) is 5.56 Å². The van der Waals surface area contributed by atoms with Gasteiger partial charge in [-0.2, -0.15) is 0 Å². The molecule has 1 fully saturated rings. The summed E-state index contributed by atoms with van der Waals surface area (Å²) in [5, 5.41) is 0. The van der Waals surface area contributed by atoms with Crippen LogP contribution in [-0.2, 0) is 35.6 Å². The molecule has 0 spiro atoms. The summed E-state index contributed by atoms with van der Waals surface area (Å²) in [5.74, 6) is 1.13. The van der Waals surface area contributed by atoms with E-state index in [9.17, 15) is 13.2 Å². The van der Waals surface area contributed by atoms with Gasteiger partial charge in [-0.15, -0.1) is 0 Å². The third-order valence-corrected chi connectivity index (χ3v) is 6.93. The maximum Gasteiger partial charge on any atom is 0.292 e. The average Bonchev–Trinajstić information content (AvgIpc) is 3.32. The summed E-state index contributed by atoms with van der Waals surface area (Å²) in [6, 6.07) is 5.63. The molecule has 7 nitrogen and oxygen atoms in total. The van der Waals surface area contributed by atoms with Gasteiger partial charge in [-0.3, -0.25) is 4.79 Å². The second-order valence-electron chi connectivity index (χ2n) is 9.06. The summed E-state index contributed by atoms with van der Waals surface area (Å²) < 4.78 is 33.4. The molecule has 0 saturated heterocycles. The Morgan fingerprint density at radius 1 is 1.19 bits per heavy atom. The first-order valence-corrected chi connectivity index (χ1v) is 12.5. The van der Waals surface area contributed by atoms with Crippen molar-refractivity contribution in [1.82, 2.24) is 14.1 Å². The summed E-state index contributed by atoms with van der Waals surface area (Å²) in [6.45, 7) is 5.21. The Kier molecular flexibility index (Phi) is 5.24. The molecule has 0 bridgehead atoms. The van der Waals surface area contributed by atoms with Crippen LogP contribution in [0.5, 0.6) is 5.75 Å². The van der Waals surface area contributed by atoms with Gasteiger partial charge >= 0.3 is 0 Å². The Morgan fingerprint density at radius 3 is 2.48 bits per heavy atom. The Labute approximate surface area is 182 Å². The molecule has 0 N–H and O–H groups in total. The number of sulfone groups is 1. The highest BCUT2D eigenvalue weighted by Crippen LogP contribution is 2.47. The molecule has 0 atom stereocenters. The molecule has 2 heterocycles. The van der Waals surface area contributed by atoms with E-state index in [1.165, 1.54) is 30.8 Å². The lowest BCUT2D eigenvalue weighted by Gasteiger charge is -2.15. The second kappa shape index (κ2) is 7.51. The summed E-state index contributed by atoms with van der Waals surface area (Å²) >= 11 is 0. The fourth-order valence-electron chi connectivity index (χ4n) is 4.09. The van der Waals surface area contributed by atoms with Crippen LogP contribution in [0.25, 0.3) is 22.2 Å². The molecule has 1 aliphatic rings. The molecule has 1 aliphatic carbocycles. The SMILES string of the molecule is CCc1nc2c(CS(C)(=O)=O)cc(-c3cc(OC)c(=O)n(C)c3)cc2n1CC1(C)CC1. The standard InChI is InChI=1S/C23H29N3O4S/c1-6-20-24-21-17(13-31(5,28)29)9-15(10-18(21)26(20)14-23(2)7-8-23)16-11-19(30-4)22(27)25(3)12-16/h9-12H,6-8,13-14H2,1-5H3. The zero-order valence-corrected chi connectivity index (χ0v) is 19.5. The molecule has 0 unspecified atom stereocenters. The number of aryl methyl sites for hydroxylation is 2. The largest absolute Gasteiger partial charge is 0.491 e. The molecule has 0 aliphatic heterocycles. The van der Waals surface area contributed by atoms with Crippen LogP contribution < -0.4 is 10.3 Å². The first kappa shape index (κ1) is 21.6. The van der Waals surface area contributed by atoms with Gasteiger partial charge in [0.2, 0.25) is 0 Å². The average molecular weight is 444 g/mol. The molecule has 0 radical (unpaired) electrons. The Hall–Kier alpha value is -2.61. The van der Waals surface area contributed by atoms with Crippen molar-refractivity contribution in [3.05, 3.63) is 46.1 Å². The molecular weight excluding hydrogens is 414 g/mol.